The van der Waals surface area contributed by atoms with E-state index in [9.17, 15) is 23.7 Å². The minimum absolute atomic E-state index is 0.0242. The molecule has 0 aliphatic carbocycles. The fourth-order valence-corrected chi connectivity index (χ4v) is 3.26. The van der Waals surface area contributed by atoms with E-state index in [4.69, 9.17) is 4.74 Å². The minimum atomic E-state index is -0.801. The summed E-state index contributed by atoms with van der Waals surface area (Å²) >= 11 is 0. The second-order valence-electron chi connectivity index (χ2n) is 6.45. The van der Waals surface area contributed by atoms with Gasteiger partial charge in [0.25, 0.3) is 11.6 Å². The molecule has 1 fully saturated rings. The number of anilines is 1. The lowest BCUT2D eigenvalue weighted by Crippen LogP contribution is -2.45. The molecule has 9 heteroatoms. The van der Waals surface area contributed by atoms with Crippen LogP contribution in [0.2, 0.25) is 0 Å². The SMILES string of the molecule is COc1cc(N2CCC(NC(=O)c3ccccc3F)CC2)c([N+](=O)[O-])cc1F. The third-order valence-corrected chi connectivity index (χ3v) is 4.74. The van der Waals surface area contributed by atoms with Gasteiger partial charge in [-0.1, -0.05) is 12.1 Å². The summed E-state index contributed by atoms with van der Waals surface area (Å²) in [6.45, 7) is 0.829. The van der Waals surface area contributed by atoms with Crippen LogP contribution in [0.1, 0.15) is 23.2 Å². The molecule has 3 rings (SSSR count). The van der Waals surface area contributed by atoms with Gasteiger partial charge in [0.2, 0.25) is 0 Å². The van der Waals surface area contributed by atoms with E-state index in [2.05, 4.69) is 5.32 Å². The van der Waals surface area contributed by atoms with Gasteiger partial charge in [-0.2, -0.15) is 0 Å². The van der Waals surface area contributed by atoms with Crippen LogP contribution in [0.3, 0.4) is 0 Å². The van der Waals surface area contributed by atoms with E-state index in [1.807, 2.05) is 0 Å². The third kappa shape index (κ3) is 4.03. The van der Waals surface area contributed by atoms with Crippen LogP contribution in [0, 0.1) is 21.7 Å². The second kappa shape index (κ2) is 8.20. The predicted octanol–water partition coefficient (Wildman–Crippen LogP) is 3.28. The zero-order valence-electron chi connectivity index (χ0n) is 15.2. The number of carbonyl (C=O) groups excluding carboxylic acids is 1. The van der Waals surface area contributed by atoms with E-state index in [-0.39, 0.29) is 28.7 Å². The molecule has 0 bridgehead atoms. The average Bonchev–Trinajstić information content (AvgIpc) is 2.68. The third-order valence-electron chi connectivity index (χ3n) is 4.74. The van der Waals surface area contributed by atoms with Gasteiger partial charge in [0.15, 0.2) is 11.6 Å². The molecule has 1 saturated heterocycles. The first-order chi connectivity index (χ1) is 13.4. The van der Waals surface area contributed by atoms with Gasteiger partial charge in [-0.3, -0.25) is 14.9 Å². The summed E-state index contributed by atoms with van der Waals surface area (Å²) in [5, 5.41) is 14.1. The molecule has 0 spiro atoms. The van der Waals surface area contributed by atoms with Crippen LogP contribution >= 0.6 is 0 Å². The molecule has 28 heavy (non-hydrogen) atoms. The second-order valence-corrected chi connectivity index (χ2v) is 6.45. The zero-order valence-corrected chi connectivity index (χ0v) is 15.2. The van der Waals surface area contributed by atoms with Crippen LogP contribution in [0.4, 0.5) is 20.2 Å². The molecule has 1 aliphatic heterocycles. The van der Waals surface area contributed by atoms with Crippen molar-refractivity contribution in [3.8, 4) is 5.75 Å². The van der Waals surface area contributed by atoms with E-state index >= 15 is 0 Å². The van der Waals surface area contributed by atoms with Gasteiger partial charge < -0.3 is 15.0 Å². The smallest absolute Gasteiger partial charge is 0.295 e. The van der Waals surface area contributed by atoms with Crippen molar-refractivity contribution in [2.45, 2.75) is 18.9 Å². The summed E-state index contributed by atoms with van der Waals surface area (Å²) in [6, 6.07) is 7.69. The van der Waals surface area contributed by atoms with Gasteiger partial charge in [0.05, 0.1) is 23.7 Å². The maximum absolute atomic E-state index is 13.8. The highest BCUT2D eigenvalue weighted by molar-refractivity contribution is 5.94. The van der Waals surface area contributed by atoms with E-state index in [1.165, 1.54) is 31.4 Å². The van der Waals surface area contributed by atoms with Crippen molar-refractivity contribution in [1.29, 1.82) is 0 Å². The molecule has 1 amide bonds. The number of methoxy groups -OCH3 is 1. The number of nitrogens with one attached hydrogen (secondary N) is 1. The Morgan fingerprint density at radius 1 is 1.21 bits per heavy atom. The Balaban J connectivity index is 1.70. The highest BCUT2D eigenvalue weighted by Crippen LogP contribution is 2.35. The Morgan fingerprint density at radius 2 is 1.89 bits per heavy atom. The minimum Gasteiger partial charge on any atom is -0.494 e. The highest BCUT2D eigenvalue weighted by atomic mass is 19.1. The van der Waals surface area contributed by atoms with Crippen LogP contribution < -0.4 is 15.0 Å². The summed E-state index contributed by atoms with van der Waals surface area (Å²) < 4.78 is 32.5. The lowest BCUT2D eigenvalue weighted by molar-refractivity contribution is -0.384. The molecule has 0 unspecified atom stereocenters. The first-order valence-corrected chi connectivity index (χ1v) is 8.73. The molecule has 1 heterocycles. The van der Waals surface area contributed by atoms with Gasteiger partial charge in [-0.25, -0.2) is 8.78 Å². The lowest BCUT2D eigenvalue weighted by atomic mass is 10.0. The lowest BCUT2D eigenvalue weighted by Gasteiger charge is -2.33. The monoisotopic (exact) mass is 391 g/mol. The Bertz CT molecular complexity index is 899. The maximum atomic E-state index is 13.8. The van der Waals surface area contributed by atoms with E-state index in [0.717, 1.165) is 6.07 Å². The molecule has 0 saturated carbocycles. The predicted molar refractivity (Wildman–Crippen MR) is 98.7 cm³/mol. The molecular weight excluding hydrogens is 372 g/mol. The van der Waals surface area contributed by atoms with Crippen molar-refractivity contribution in [2.24, 2.45) is 0 Å². The molecule has 0 atom stereocenters. The summed E-state index contributed by atoms with van der Waals surface area (Å²) in [7, 11) is 1.29. The van der Waals surface area contributed by atoms with E-state index in [0.29, 0.717) is 25.9 Å². The van der Waals surface area contributed by atoms with Crippen molar-refractivity contribution in [1.82, 2.24) is 5.32 Å². The molecule has 148 valence electrons. The van der Waals surface area contributed by atoms with Gasteiger partial charge >= 0.3 is 0 Å². The number of hydrogen-bond donors (Lipinski definition) is 1. The van der Waals surface area contributed by atoms with Crippen LogP contribution in [-0.4, -0.2) is 37.1 Å². The molecule has 2 aromatic carbocycles. The quantitative estimate of drug-likeness (QED) is 0.625. The number of carbonyl (C=O) groups is 1. The van der Waals surface area contributed by atoms with Crippen molar-refractivity contribution in [2.75, 3.05) is 25.1 Å². The van der Waals surface area contributed by atoms with Crippen LogP contribution in [0.25, 0.3) is 0 Å². The van der Waals surface area contributed by atoms with Crippen molar-refractivity contribution < 1.29 is 23.2 Å². The van der Waals surface area contributed by atoms with Crippen LogP contribution in [0.15, 0.2) is 36.4 Å². The topological polar surface area (TPSA) is 84.7 Å². The van der Waals surface area contributed by atoms with Crippen molar-refractivity contribution >= 4 is 17.3 Å². The molecule has 0 aromatic heterocycles. The standard InChI is InChI=1S/C19H19F2N3O4/c1-28-18-11-16(17(24(26)27)10-15(18)21)23-8-6-12(7-9-23)22-19(25)13-4-2-3-5-14(13)20/h2-5,10-12H,6-9H2,1H3,(H,22,25). The van der Waals surface area contributed by atoms with Crippen LogP contribution in [0.5, 0.6) is 5.75 Å². The summed E-state index contributed by atoms with van der Waals surface area (Å²) in [5.74, 6) is -1.96. The first-order valence-electron chi connectivity index (χ1n) is 8.73. The molecule has 1 aliphatic rings. The molecule has 2 aromatic rings. The Morgan fingerprint density at radius 3 is 2.50 bits per heavy atom. The number of ether oxygens (including phenoxy) is 1. The number of amides is 1. The Hall–Kier alpha value is -3.23. The summed E-state index contributed by atoms with van der Waals surface area (Å²) in [6.07, 6.45) is 1.02. The van der Waals surface area contributed by atoms with Gasteiger partial charge in [0.1, 0.15) is 11.5 Å². The number of rotatable bonds is 5. The Kier molecular flexibility index (Phi) is 5.72. The van der Waals surface area contributed by atoms with Gasteiger partial charge in [-0.05, 0) is 25.0 Å². The average molecular weight is 391 g/mol. The van der Waals surface area contributed by atoms with E-state index < -0.39 is 22.5 Å². The first kappa shape index (κ1) is 19.5. The molecular formula is C19H19F2N3O4. The fourth-order valence-electron chi connectivity index (χ4n) is 3.26. The zero-order chi connectivity index (χ0) is 20.3. The van der Waals surface area contributed by atoms with Gasteiger partial charge in [-0.15, -0.1) is 0 Å². The van der Waals surface area contributed by atoms with E-state index in [1.54, 1.807) is 11.0 Å². The molecule has 7 nitrogen and oxygen atoms in total. The maximum Gasteiger partial charge on any atom is 0.295 e. The number of halogens is 2. The van der Waals surface area contributed by atoms with Gasteiger partial charge in [0, 0.05) is 25.2 Å². The van der Waals surface area contributed by atoms with Crippen LogP contribution in [-0.2, 0) is 0 Å². The molecule has 1 N–H and O–H groups in total. The summed E-state index contributed by atoms with van der Waals surface area (Å²) in [5.41, 5.74) is -0.0990. The van der Waals surface area contributed by atoms with Crippen molar-refractivity contribution in [3.63, 3.8) is 0 Å². The normalized spacial score (nSPS) is 14.6. The largest absolute Gasteiger partial charge is 0.494 e. The molecule has 0 radical (unpaired) electrons. The number of piperidine rings is 1. The number of nitro benzene ring substituents is 1. The summed E-state index contributed by atoms with van der Waals surface area (Å²) in [4.78, 5) is 24.7. The highest BCUT2D eigenvalue weighted by Gasteiger charge is 2.28. The number of benzene rings is 2. The number of nitro groups is 1. The Labute approximate surface area is 160 Å². The number of hydrogen-bond acceptors (Lipinski definition) is 5. The van der Waals surface area contributed by atoms with Crippen molar-refractivity contribution in [3.05, 3.63) is 63.7 Å². The fraction of sp³-hybridized carbons (Fsp3) is 0.316. The number of nitrogens with zero attached hydrogens (tertiary/aromatic N) is 2.